The third kappa shape index (κ3) is 3.60. The zero-order chi connectivity index (χ0) is 15.4. The molecule has 0 saturated carbocycles. The van der Waals surface area contributed by atoms with Crippen molar-refractivity contribution in [1.82, 2.24) is 9.97 Å². The quantitative estimate of drug-likeness (QED) is 0.392. The van der Waals surface area contributed by atoms with E-state index < -0.39 is 4.92 Å². The highest BCUT2D eigenvalue weighted by Crippen LogP contribution is 2.28. The summed E-state index contributed by atoms with van der Waals surface area (Å²) < 4.78 is 5.70. The first-order valence-corrected chi connectivity index (χ1v) is 7.29. The molecule has 0 aliphatic carbocycles. The topological polar surface area (TPSA) is 90.2 Å². The summed E-state index contributed by atoms with van der Waals surface area (Å²) in [5.74, 6) is 1.55. The van der Waals surface area contributed by atoms with Gasteiger partial charge in [-0.3, -0.25) is 10.1 Å². The van der Waals surface area contributed by atoms with Crippen LogP contribution in [-0.4, -0.2) is 28.2 Å². The van der Waals surface area contributed by atoms with Crippen LogP contribution in [0, 0.1) is 17.0 Å². The molecule has 1 aromatic heterocycles. The van der Waals surface area contributed by atoms with Crippen molar-refractivity contribution in [3.8, 4) is 11.6 Å². The molecule has 1 heterocycles. The number of thioether (sulfide) groups is 1. The van der Waals surface area contributed by atoms with Crippen molar-refractivity contribution in [1.29, 1.82) is 0 Å². The van der Waals surface area contributed by atoms with Gasteiger partial charge in [0, 0.05) is 25.2 Å². The predicted octanol–water partition coefficient (Wildman–Crippen LogP) is 3.25. The van der Waals surface area contributed by atoms with Crippen molar-refractivity contribution in [2.75, 3.05) is 18.6 Å². The van der Waals surface area contributed by atoms with Gasteiger partial charge in [-0.25, -0.2) is 4.98 Å². The van der Waals surface area contributed by atoms with E-state index in [4.69, 9.17) is 4.74 Å². The monoisotopic (exact) mass is 306 g/mol. The lowest BCUT2D eigenvalue weighted by Gasteiger charge is -2.09. The predicted molar refractivity (Wildman–Crippen MR) is 81.3 cm³/mol. The first-order chi connectivity index (χ1) is 10.0. The van der Waals surface area contributed by atoms with Crippen LogP contribution < -0.4 is 10.1 Å². The molecule has 8 heteroatoms. The van der Waals surface area contributed by atoms with Gasteiger partial charge >= 0.3 is 0 Å². The molecular weight excluding hydrogens is 292 g/mol. The first-order valence-electron chi connectivity index (χ1n) is 6.07. The Bertz CT molecular complexity index is 656. The maximum absolute atomic E-state index is 10.7. The van der Waals surface area contributed by atoms with Crippen LogP contribution in [0.1, 0.15) is 5.56 Å². The van der Waals surface area contributed by atoms with Crippen LogP contribution >= 0.6 is 11.8 Å². The van der Waals surface area contributed by atoms with Crippen molar-refractivity contribution >= 4 is 23.3 Å². The Kier molecular flexibility index (Phi) is 4.59. The highest BCUT2D eigenvalue weighted by Gasteiger charge is 2.11. The van der Waals surface area contributed by atoms with E-state index in [-0.39, 0.29) is 5.69 Å². The minimum Gasteiger partial charge on any atom is -0.439 e. The summed E-state index contributed by atoms with van der Waals surface area (Å²) in [6.45, 7) is 1.75. The van der Waals surface area contributed by atoms with E-state index in [9.17, 15) is 10.1 Å². The zero-order valence-corrected chi connectivity index (χ0v) is 12.6. The molecule has 0 atom stereocenters. The molecule has 0 bridgehead atoms. The van der Waals surface area contributed by atoms with Crippen LogP contribution in [-0.2, 0) is 0 Å². The maximum atomic E-state index is 10.7. The van der Waals surface area contributed by atoms with Gasteiger partial charge in [0.15, 0.2) is 5.16 Å². The fourth-order valence-electron chi connectivity index (χ4n) is 1.65. The highest BCUT2D eigenvalue weighted by molar-refractivity contribution is 7.98. The van der Waals surface area contributed by atoms with Crippen LogP contribution in [0.3, 0.4) is 0 Å². The number of aromatic nitrogens is 2. The molecule has 1 N–H and O–H groups in total. The van der Waals surface area contributed by atoms with E-state index >= 15 is 0 Å². The second kappa shape index (κ2) is 6.40. The Hall–Kier alpha value is -2.35. The second-order valence-corrected chi connectivity index (χ2v) is 4.91. The molecule has 0 saturated heterocycles. The average molecular weight is 306 g/mol. The number of benzene rings is 1. The number of rotatable bonds is 5. The molecule has 21 heavy (non-hydrogen) atoms. The summed E-state index contributed by atoms with van der Waals surface area (Å²) in [7, 11) is 1.76. The lowest BCUT2D eigenvalue weighted by Crippen LogP contribution is -1.99. The van der Waals surface area contributed by atoms with E-state index in [0.717, 1.165) is 0 Å². The molecule has 7 nitrogen and oxygen atoms in total. The molecule has 110 valence electrons. The fourth-order valence-corrected chi connectivity index (χ4v) is 2.02. The second-order valence-electron chi connectivity index (χ2n) is 4.14. The SMILES string of the molecule is CNc1cc(Oc2ccc([N+](=O)[O-])cc2C)nc(SC)n1. The molecule has 2 aromatic rings. The Balaban J connectivity index is 2.31. The van der Waals surface area contributed by atoms with Crippen molar-refractivity contribution in [3.05, 3.63) is 39.9 Å². The van der Waals surface area contributed by atoms with Crippen LogP contribution in [0.2, 0.25) is 0 Å². The number of hydrogen-bond donors (Lipinski definition) is 1. The van der Waals surface area contributed by atoms with Crippen molar-refractivity contribution in [3.63, 3.8) is 0 Å². The normalized spacial score (nSPS) is 10.2. The number of nitrogens with one attached hydrogen (secondary N) is 1. The average Bonchev–Trinajstić information content (AvgIpc) is 2.48. The molecule has 0 amide bonds. The molecule has 0 aliphatic rings. The van der Waals surface area contributed by atoms with E-state index in [1.807, 2.05) is 6.26 Å². The lowest BCUT2D eigenvalue weighted by molar-refractivity contribution is -0.384. The largest absolute Gasteiger partial charge is 0.439 e. The van der Waals surface area contributed by atoms with E-state index in [0.29, 0.717) is 28.2 Å². The number of anilines is 1. The van der Waals surface area contributed by atoms with E-state index in [1.54, 1.807) is 26.1 Å². The van der Waals surface area contributed by atoms with Crippen LogP contribution in [0.5, 0.6) is 11.6 Å². The summed E-state index contributed by atoms with van der Waals surface area (Å²) in [4.78, 5) is 18.8. The zero-order valence-electron chi connectivity index (χ0n) is 11.8. The number of aryl methyl sites for hydroxylation is 1. The number of non-ortho nitro benzene ring substituents is 1. The van der Waals surface area contributed by atoms with Gasteiger partial charge in [-0.15, -0.1) is 0 Å². The summed E-state index contributed by atoms with van der Waals surface area (Å²) in [6.07, 6.45) is 1.87. The Labute approximate surface area is 125 Å². The molecule has 0 aliphatic heterocycles. The fraction of sp³-hybridized carbons (Fsp3) is 0.231. The van der Waals surface area contributed by atoms with Crippen LogP contribution in [0.25, 0.3) is 0 Å². The minimum atomic E-state index is -0.438. The van der Waals surface area contributed by atoms with Gasteiger partial charge in [-0.2, -0.15) is 4.98 Å². The number of ether oxygens (including phenoxy) is 1. The highest BCUT2D eigenvalue weighted by atomic mass is 32.2. The third-order valence-corrected chi connectivity index (χ3v) is 3.25. The third-order valence-electron chi connectivity index (χ3n) is 2.70. The number of nitrogens with zero attached hydrogens (tertiary/aromatic N) is 3. The molecular formula is C13H14N4O3S. The van der Waals surface area contributed by atoms with Gasteiger partial charge in [0.05, 0.1) is 4.92 Å². The molecule has 1 aromatic carbocycles. The van der Waals surface area contributed by atoms with Gasteiger partial charge < -0.3 is 10.1 Å². The Morgan fingerprint density at radius 1 is 1.33 bits per heavy atom. The van der Waals surface area contributed by atoms with Crippen LogP contribution in [0.4, 0.5) is 11.5 Å². The lowest BCUT2D eigenvalue weighted by atomic mass is 10.2. The van der Waals surface area contributed by atoms with Gasteiger partial charge in [-0.05, 0) is 24.8 Å². The van der Waals surface area contributed by atoms with Crippen molar-refractivity contribution in [2.45, 2.75) is 12.1 Å². The van der Waals surface area contributed by atoms with Gasteiger partial charge in [0.1, 0.15) is 11.6 Å². The number of nitro groups is 1. The summed E-state index contributed by atoms with van der Waals surface area (Å²) in [6, 6.07) is 6.09. The van der Waals surface area contributed by atoms with Crippen molar-refractivity contribution < 1.29 is 9.66 Å². The minimum absolute atomic E-state index is 0.0308. The van der Waals surface area contributed by atoms with Crippen molar-refractivity contribution in [2.24, 2.45) is 0 Å². The maximum Gasteiger partial charge on any atom is 0.269 e. The van der Waals surface area contributed by atoms with Crippen LogP contribution in [0.15, 0.2) is 29.4 Å². The standard InChI is InChI=1S/C13H14N4O3S/c1-8-6-9(17(18)19)4-5-10(8)20-12-7-11(14-2)15-13(16-12)21-3/h4-7H,1-3H3,(H,14,15,16). The molecule has 0 radical (unpaired) electrons. The summed E-state index contributed by atoms with van der Waals surface area (Å²) in [5, 5.41) is 14.2. The summed E-state index contributed by atoms with van der Waals surface area (Å²) >= 11 is 1.40. The first kappa shape index (κ1) is 15.0. The Morgan fingerprint density at radius 3 is 2.67 bits per heavy atom. The molecule has 0 spiro atoms. The summed E-state index contributed by atoms with van der Waals surface area (Å²) in [5.41, 5.74) is 0.697. The van der Waals surface area contributed by atoms with E-state index in [2.05, 4.69) is 15.3 Å². The smallest absolute Gasteiger partial charge is 0.269 e. The van der Waals surface area contributed by atoms with E-state index in [1.165, 1.54) is 23.9 Å². The van der Waals surface area contributed by atoms with Gasteiger partial charge in [0.25, 0.3) is 5.69 Å². The molecule has 0 unspecified atom stereocenters. The number of hydrogen-bond acceptors (Lipinski definition) is 7. The van der Waals surface area contributed by atoms with Gasteiger partial charge in [0.2, 0.25) is 5.88 Å². The molecule has 2 rings (SSSR count). The number of nitro benzene ring substituents is 1. The molecule has 0 fully saturated rings. The Morgan fingerprint density at radius 2 is 2.10 bits per heavy atom. The van der Waals surface area contributed by atoms with Gasteiger partial charge in [-0.1, -0.05) is 11.8 Å².